The van der Waals surface area contributed by atoms with Crippen LogP contribution in [0.15, 0.2) is 23.3 Å². The minimum atomic E-state index is -0.543. The van der Waals surface area contributed by atoms with Crippen LogP contribution in [0.5, 0.6) is 0 Å². The fourth-order valence-electron chi connectivity index (χ4n) is 5.97. The second-order valence-corrected chi connectivity index (χ2v) is 11.0. The minimum Gasteiger partial charge on any atom is -0.393 e. The van der Waals surface area contributed by atoms with Gasteiger partial charge in [-0.3, -0.25) is 0 Å². The molecule has 1 unspecified atom stereocenters. The summed E-state index contributed by atoms with van der Waals surface area (Å²) in [4.78, 5) is 0. The molecule has 28 heavy (non-hydrogen) atoms. The third-order valence-corrected chi connectivity index (χ3v) is 7.66. The lowest BCUT2D eigenvalue weighted by molar-refractivity contribution is 0.0599. The van der Waals surface area contributed by atoms with Crippen LogP contribution in [-0.4, -0.2) is 33.1 Å². The highest BCUT2D eigenvalue weighted by Crippen LogP contribution is 2.54. The minimum absolute atomic E-state index is 0.382. The highest BCUT2D eigenvalue weighted by molar-refractivity contribution is 5.22. The number of allylic oxidation sites excluding steroid dienone is 3. The third-order valence-electron chi connectivity index (χ3n) is 7.66. The van der Waals surface area contributed by atoms with Gasteiger partial charge in [0, 0.05) is 0 Å². The van der Waals surface area contributed by atoms with Crippen molar-refractivity contribution >= 4 is 0 Å². The Balaban J connectivity index is 1.57. The Bertz CT molecular complexity index is 573. The molecule has 3 fully saturated rings. The van der Waals surface area contributed by atoms with E-state index < -0.39 is 5.60 Å². The van der Waals surface area contributed by atoms with E-state index in [0.29, 0.717) is 30.6 Å². The molecule has 0 aliphatic heterocycles. The smallest absolute Gasteiger partial charge is 0.0602 e. The second-order valence-electron chi connectivity index (χ2n) is 11.0. The molecule has 0 amide bonds. The first kappa shape index (κ1) is 22.1. The maximum absolute atomic E-state index is 10.0. The Kier molecular flexibility index (Phi) is 7.10. The molecule has 3 aliphatic carbocycles. The molecule has 3 heteroatoms. The molecule has 0 radical (unpaired) electrons. The van der Waals surface area contributed by atoms with Gasteiger partial charge in [0.25, 0.3) is 0 Å². The van der Waals surface area contributed by atoms with Crippen LogP contribution < -0.4 is 0 Å². The Labute approximate surface area is 171 Å². The highest BCUT2D eigenvalue weighted by Gasteiger charge is 2.42. The summed E-state index contributed by atoms with van der Waals surface area (Å²) < 4.78 is 0. The average Bonchev–Trinajstić information content (AvgIpc) is 3.00. The van der Waals surface area contributed by atoms with Crippen LogP contribution >= 0.6 is 0 Å². The van der Waals surface area contributed by atoms with E-state index in [1.165, 1.54) is 50.5 Å². The lowest BCUT2D eigenvalue weighted by Gasteiger charge is -2.36. The average molecular weight is 391 g/mol. The van der Waals surface area contributed by atoms with Gasteiger partial charge < -0.3 is 15.3 Å². The van der Waals surface area contributed by atoms with Gasteiger partial charge in [-0.2, -0.15) is 0 Å². The van der Waals surface area contributed by atoms with Crippen molar-refractivity contribution < 1.29 is 15.3 Å². The van der Waals surface area contributed by atoms with Crippen molar-refractivity contribution in [2.24, 2.45) is 17.3 Å². The molecule has 1 spiro atoms. The molecule has 5 atom stereocenters. The van der Waals surface area contributed by atoms with Gasteiger partial charge >= 0.3 is 0 Å². The number of aliphatic hydroxyl groups excluding tert-OH is 2. The van der Waals surface area contributed by atoms with Gasteiger partial charge in [0.2, 0.25) is 0 Å². The first-order chi connectivity index (χ1) is 13.1. The molecular weight excluding hydrogens is 348 g/mol. The number of hydrogen-bond donors (Lipinski definition) is 3. The van der Waals surface area contributed by atoms with Gasteiger partial charge in [0.1, 0.15) is 0 Å². The van der Waals surface area contributed by atoms with Gasteiger partial charge in [0.05, 0.1) is 17.8 Å². The topological polar surface area (TPSA) is 60.7 Å². The molecule has 0 aromatic rings. The third kappa shape index (κ3) is 6.18. The zero-order valence-corrected chi connectivity index (χ0v) is 18.3. The Morgan fingerprint density at radius 2 is 1.79 bits per heavy atom. The molecule has 3 N–H and O–H groups in total. The molecule has 3 saturated carbocycles. The van der Waals surface area contributed by atoms with Crippen molar-refractivity contribution in [3.05, 3.63) is 23.3 Å². The SMILES string of the molecule is CC(CCC(C)(C)O)[C@@H]1CC[C@@]2(CCC/C(=C\C=C3C[C@@H](O)C[C@H](O)C3)C2)C1. The van der Waals surface area contributed by atoms with Crippen LogP contribution in [0.4, 0.5) is 0 Å². The van der Waals surface area contributed by atoms with Crippen molar-refractivity contribution in [2.75, 3.05) is 0 Å². The van der Waals surface area contributed by atoms with Crippen LogP contribution in [0.1, 0.15) is 97.8 Å². The molecule has 0 aromatic heterocycles. The van der Waals surface area contributed by atoms with Crippen LogP contribution in [0.3, 0.4) is 0 Å². The number of rotatable bonds is 5. The predicted octanol–water partition coefficient (Wildman–Crippen LogP) is 5.29. The first-order valence-corrected chi connectivity index (χ1v) is 11.6. The summed E-state index contributed by atoms with van der Waals surface area (Å²) in [6, 6.07) is 0. The van der Waals surface area contributed by atoms with E-state index in [1.54, 1.807) is 5.57 Å². The summed E-state index contributed by atoms with van der Waals surface area (Å²) >= 11 is 0. The summed E-state index contributed by atoms with van der Waals surface area (Å²) in [6.45, 7) is 6.24. The lowest BCUT2D eigenvalue weighted by atomic mass is 9.69. The zero-order valence-electron chi connectivity index (χ0n) is 18.3. The molecule has 0 aromatic carbocycles. The number of aliphatic hydroxyl groups is 3. The largest absolute Gasteiger partial charge is 0.393 e. The number of hydrogen-bond acceptors (Lipinski definition) is 3. The van der Waals surface area contributed by atoms with E-state index >= 15 is 0 Å². The van der Waals surface area contributed by atoms with Crippen molar-refractivity contribution in [1.82, 2.24) is 0 Å². The fourth-order valence-corrected chi connectivity index (χ4v) is 5.97. The summed E-state index contributed by atoms with van der Waals surface area (Å²) in [5.41, 5.74) is 2.72. The maximum atomic E-state index is 10.0. The monoisotopic (exact) mass is 390 g/mol. The molecule has 3 rings (SSSR count). The second kappa shape index (κ2) is 9.02. The zero-order chi connectivity index (χ0) is 20.4. The molecule has 0 bridgehead atoms. The summed E-state index contributed by atoms with van der Waals surface area (Å²) in [5.74, 6) is 1.51. The van der Waals surface area contributed by atoms with Crippen LogP contribution in [0.2, 0.25) is 0 Å². The van der Waals surface area contributed by atoms with E-state index in [-0.39, 0.29) is 12.2 Å². The molecular formula is C25H42O3. The van der Waals surface area contributed by atoms with Crippen molar-refractivity contribution in [1.29, 1.82) is 0 Å². The van der Waals surface area contributed by atoms with E-state index in [4.69, 9.17) is 0 Å². The molecule has 0 saturated heterocycles. The maximum Gasteiger partial charge on any atom is 0.0602 e. The van der Waals surface area contributed by atoms with Gasteiger partial charge in [-0.15, -0.1) is 0 Å². The molecule has 3 nitrogen and oxygen atoms in total. The van der Waals surface area contributed by atoms with Crippen LogP contribution in [-0.2, 0) is 0 Å². The normalized spacial score (nSPS) is 36.9. The Morgan fingerprint density at radius 3 is 2.46 bits per heavy atom. The first-order valence-electron chi connectivity index (χ1n) is 11.6. The van der Waals surface area contributed by atoms with Crippen LogP contribution in [0, 0.1) is 17.3 Å². The fraction of sp³-hybridized carbons (Fsp3) is 0.840. The van der Waals surface area contributed by atoms with E-state index in [1.807, 2.05) is 13.8 Å². The van der Waals surface area contributed by atoms with Gasteiger partial charge in [-0.25, -0.2) is 0 Å². The van der Waals surface area contributed by atoms with Crippen molar-refractivity contribution in [3.63, 3.8) is 0 Å². The predicted molar refractivity (Wildman–Crippen MR) is 115 cm³/mol. The highest BCUT2D eigenvalue weighted by atomic mass is 16.3. The molecule has 3 aliphatic rings. The van der Waals surface area contributed by atoms with E-state index in [9.17, 15) is 15.3 Å². The quantitative estimate of drug-likeness (QED) is 0.597. The summed E-state index contributed by atoms with van der Waals surface area (Å²) in [6.07, 6.45) is 16.9. The summed E-state index contributed by atoms with van der Waals surface area (Å²) in [7, 11) is 0. The standard InChI is InChI=1S/C25H42O3/c1-18(8-11-24(2,3)28)21-9-12-25(17-21)10-4-5-19(16-25)6-7-20-13-22(26)15-23(27)14-20/h6-7,18,21-23,26-28H,4-5,8-17H2,1-3H3/b19-6+/t18?,21-,22-,23-,25-/m1/s1. The molecule has 0 heterocycles. The molecule has 160 valence electrons. The van der Waals surface area contributed by atoms with E-state index in [2.05, 4.69) is 19.1 Å². The van der Waals surface area contributed by atoms with Crippen molar-refractivity contribution in [3.8, 4) is 0 Å². The van der Waals surface area contributed by atoms with Gasteiger partial charge in [0.15, 0.2) is 0 Å². The Morgan fingerprint density at radius 1 is 1.11 bits per heavy atom. The Hall–Kier alpha value is -0.640. The van der Waals surface area contributed by atoms with Crippen molar-refractivity contribution in [2.45, 2.75) is 116 Å². The lowest BCUT2D eigenvalue weighted by Crippen LogP contribution is -2.25. The summed E-state index contributed by atoms with van der Waals surface area (Å²) in [5, 5.41) is 29.8. The van der Waals surface area contributed by atoms with Crippen LogP contribution in [0.25, 0.3) is 0 Å². The van der Waals surface area contributed by atoms with Gasteiger partial charge in [-0.1, -0.05) is 30.2 Å². The van der Waals surface area contributed by atoms with Gasteiger partial charge in [-0.05, 0) is 108 Å². The van der Waals surface area contributed by atoms with E-state index in [0.717, 1.165) is 18.8 Å².